The molecule has 10 nitrogen and oxygen atoms in total. The van der Waals surface area contributed by atoms with Crippen molar-refractivity contribution in [3.8, 4) is 22.8 Å². The third kappa shape index (κ3) is 6.96. The Kier molecular flexibility index (Phi) is 8.95. The zero-order chi connectivity index (χ0) is 30.7. The number of hydrogen-bond donors (Lipinski definition) is 3. The number of carboxylic acids is 1. The molecule has 5 rings (SSSR count). The lowest BCUT2D eigenvalue weighted by atomic mass is 9.88. The number of hydrogen-bond acceptors (Lipinski definition) is 6. The Morgan fingerprint density at radius 2 is 1.79 bits per heavy atom. The smallest absolute Gasteiger partial charge is 0.309 e. The summed E-state index contributed by atoms with van der Waals surface area (Å²) >= 11 is -2.29. The lowest BCUT2D eigenvalue weighted by molar-refractivity contribution is -0.147. The summed E-state index contributed by atoms with van der Waals surface area (Å²) < 4.78 is 35.8. The number of aliphatic carboxylic acids is 1. The summed E-state index contributed by atoms with van der Waals surface area (Å²) in [6.07, 6.45) is 2.68. The van der Waals surface area contributed by atoms with E-state index in [0.717, 1.165) is 18.4 Å². The maximum atomic E-state index is 13.1. The van der Waals surface area contributed by atoms with Crippen molar-refractivity contribution in [3.05, 3.63) is 77.5 Å². The van der Waals surface area contributed by atoms with Crippen LogP contribution in [0.4, 0.5) is 0 Å². The second-order valence-electron chi connectivity index (χ2n) is 11.4. The van der Waals surface area contributed by atoms with E-state index in [1.54, 1.807) is 33.0 Å². The van der Waals surface area contributed by atoms with Gasteiger partial charge in [-0.3, -0.25) is 14.1 Å². The molecular weight excluding hydrogens is 570 g/mol. The van der Waals surface area contributed by atoms with E-state index in [1.807, 2.05) is 48.5 Å². The summed E-state index contributed by atoms with van der Waals surface area (Å²) in [5.74, 6) is 0.716. The van der Waals surface area contributed by atoms with Crippen LogP contribution in [0.15, 0.2) is 65.1 Å². The maximum absolute atomic E-state index is 13.1. The number of fused-ring (bicyclic) bond motifs is 1. The highest BCUT2D eigenvalue weighted by molar-refractivity contribution is 7.76. The van der Waals surface area contributed by atoms with Crippen LogP contribution in [-0.4, -0.2) is 48.6 Å². The molecule has 1 unspecified atom stereocenters. The minimum atomic E-state index is -2.29. The zero-order valence-corrected chi connectivity index (χ0v) is 25.1. The van der Waals surface area contributed by atoms with E-state index in [9.17, 15) is 23.5 Å². The molecular formula is C32H35N3O7S. The van der Waals surface area contributed by atoms with Gasteiger partial charge in [-0.15, -0.1) is 0 Å². The summed E-state index contributed by atoms with van der Waals surface area (Å²) in [4.78, 5) is 29.4. The van der Waals surface area contributed by atoms with E-state index in [-0.39, 0.29) is 30.6 Å². The van der Waals surface area contributed by atoms with Crippen LogP contribution >= 0.6 is 0 Å². The molecule has 2 heterocycles. The molecule has 0 bridgehead atoms. The van der Waals surface area contributed by atoms with Gasteiger partial charge >= 0.3 is 5.97 Å². The second kappa shape index (κ2) is 12.7. The fourth-order valence-electron chi connectivity index (χ4n) is 4.99. The summed E-state index contributed by atoms with van der Waals surface area (Å²) in [6, 6.07) is 18.6. The number of para-hydroxylation sites is 1. The normalized spacial score (nSPS) is 14.2. The van der Waals surface area contributed by atoms with Crippen LogP contribution in [0.1, 0.15) is 67.1 Å². The number of carbonyl (C=O) groups is 2. The molecule has 1 fully saturated rings. The van der Waals surface area contributed by atoms with Gasteiger partial charge in [0.05, 0.1) is 28.6 Å². The van der Waals surface area contributed by atoms with Crippen molar-refractivity contribution in [2.24, 2.45) is 5.41 Å². The van der Waals surface area contributed by atoms with Crippen molar-refractivity contribution in [2.75, 3.05) is 13.6 Å². The van der Waals surface area contributed by atoms with Gasteiger partial charge in [0.25, 0.3) is 5.91 Å². The Bertz CT molecular complexity index is 1650. The van der Waals surface area contributed by atoms with Gasteiger partial charge in [-0.2, -0.15) is 4.31 Å². The number of carbonyl (C=O) groups excluding carboxylic acids is 1. The number of furan rings is 1. The van der Waals surface area contributed by atoms with Crippen LogP contribution < -0.4 is 10.1 Å². The van der Waals surface area contributed by atoms with Crippen molar-refractivity contribution in [1.82, 2.24) is 14.6 Å². The number of rotatable bonds is 13. The van der Waals surface area contributed by atoms with Crippen molar-refractivity contribution < 1.29 is 32.6 Å². The third-order valence-electron chi connectivity index (χ3n) is 7.70. The topological polar surface area (TPSA) is 142 Å². The third-order valence-corrected chi connectivity index (χ3v) is 8.45. The first-order valence-corrected chi connectivity index (χ1v) is 15.2. The summed E-state index contributed by atoms with van der Waals surface area (Å²) in [5, 5.41) is 12.7. The molecule has 0 saturated heterocycles. The van der Waals surface area contributed by atoms with E-state index in [1.165, 1.54) is 4.31 Å². The molecule has 1 aliphatic carbocycles. The van der Waals surface area contributed by atoms with E-state index < -0.39 is 22.7 Å². The average molecular weight is 606 g/mol. The lowest BCUT2D eigenvalue weighted by Crippen LogP contribution is -2.30. The van der Waals surface area contributed by atoms with Crippen molar-refractivity contribution in [3.63, 3.8) is 0 Å². The molecule has 0 aliphatic heterocycles. The molecule has 1 saturated carbocycles. The summed E-state index contributed by atoms with van der Waals surface area (Å²) in [7, 11) is 1.56. The standard InChI is InChI=1S/C32H35N3O7S/c1-32(2,31(37)38)16-7-17-35(43(39)40)19-26-24(20-10-11-20)18-25-27(29(36)33-3)28(42-30(25)34-26)21-12-14-23(15-13-21)41-22-8-5-4-6-9-22/h4-6,8-9,12-15,18,20H,7,10-11,16-17,19H2,1-3H3,(H,33,36)(H,37,38)(H,39,40). The number of pyridine rings is 1. The predicted molar refractivity (Wildman–Crippen MR) is 163 cm³/mol. The van der Waals surface area contributed by atoms with Gasteiger partial charge in [-0.05, 0) is 93.5 Å². The van der Waals surface area contributed by atoms with E-state index >= 15 is 0 Å². The highest BCUT2D eigenvalue weighted by Crippen LogP contribution is 2.44. The molecule has 43 heavy (non-hydrogen) atoms. The van der Waals surface area contributed by atoms with Gasteiger partial charge in [-0.25, -0.2) is 9.19 Å². The number of aromatic nitrogens is 1. The minimum Gasteiger partial charge on any atom is -0.481 e. The zero-order valence-electron chi connectivity index (χ0n) is 24.3. The predicted octanol–water partition coefficient (Wildman–Crippen LogP) is 6.35. The van der Waals surface area contributed by atoms with Crippen LogP contribution in [0.3, 0.4) is 0 Å². The van der Waals surface area contributed by atoms with Gasteiger partial charge in [0, 0.05) is 19.2 Å². The molecule has 1 amide bonds. The lowest BCUT2D eigenvalue weighted by Gasteiger charge is -2.22. The van der Waals surface area contributed by atoms with Gasteiger partial charge in [0.1, 0.15) is 17.3 Å². The van der Waals surface area contributed by atoms with Crippen molar-refractivity contribution in [1.29, 1.82) is 0 Å². The SMILES string of the molecule is CNC(=O)c1c(-c2ccc(Oc3ccccc3)cc2)oc2nc(CN(CCCC(C)(C)C(=O)O)S(=O)O)c(C3CC3)cc12. The highest BCUT2D eigenvalue weighted by atomic mass is 32.2. The fourth-order valence-corrected chi connectivity index (χ4v) is 5.50. The Balaban J connectivity index is 1.47. The monoisotopic (exact) mass is 605 g/mol. The Morgan fingerprint density at radius 1 is 1.12 bits per heavy atom. The molecule has 2 aromatic heterocycles. The quantitative estimate of drug-likeness (QED) is 0.150. The summed E-state index contributed by atoms with van der Waals surface area (Å²) in [5.41, 5.74) is 1.88. The molecule has 0 spiro atoms. The van der Waals surface area contributed by atoms with Crippen molar-refractivity contribution in [2.45, 2.75) is 52.0 Å². The largest absolute Gasteiger partial charge is 0.481 e. The Labute approximate surface area is 252 Å². The second-order valence-corrected chi connectivity index (χ2v) is 12.3. The molecule has 1 aliphatic rings. The highest BCUT2D eigenvalue weighted by Gasteiger charge is 2.32. The molecule has 4 aromatic rings. The average Bonchev–Trinajstić information content (AvgIpc) is 3.77. The minimum absolute atomic E-state index is 0.0786. The Morgan fingerprint density at radius 3 is 2.40 bits per heavy atom. The van der Waals surface area contributed by atoms with Gasteiger partial charge in [-0.1, -0.05) is 18.2 Å². The fraction of sp³-hybridized carbons (Fsp3) is 0.344. The first-order valence-electron chi connectivity index (χ1n) is 14.2. The van der Waals surface area contributed by atoms with E-state index in [0.29, 0.717) is 52.3 Å². The van der Waals surface area contributed by atoms with Crippen LogP contribution in [0.2, 0.25) is 0 Å². The molecule has 11 heteroatoms. The molecule has 3 N–H and O–H groups in total. The van der Waals surface area contributed by atoms with E-state index in [2.05, 4.69) is 5.32 Å². The number of ether oxygens (including phenoxy) is 1. The van der Waals surface area contributed by atoms with Crippen LogP contribution in [-0.2, 0) is 22.6 Å². The van der Waals surface area contributed by atoms with Gasteiger partial charge in [0.15, 0.2) is 0 Å². The first-order chi connectivity index (χ1) is 20.6. The number of amides is 1. The van der Waals surface area contributed by atoms with Crippen LogP contribution in [0.5, 0.6) is 11.5 Å². The van der Waals surface area contributed by atoms with Crippen LogP contribution in [0.25, 0.3) is 22.4 Å². The number of benzene rings is 2. The Hall–Kier alpha value is -4.06. The van der Waals surface area contributed by atoms with Gasteiger partial charge < -0.3 is 19.6 Å². The molecule has 226 valence electrons. The van der Waals surface area contributed by atoms with E-state index in [4.69, 9.17) is 14.1 Å². The maximum Gasteiger partial charge on any atom is 0.309 e. The molecule has 2 aromatic carbocycles. The molecule has 1 atom stereocenters. The first kappa shape index (κ1) is 30.4. The number of nitrogens with zero attached hydrogens (tertiary/aromatic N) is 2. The van der Waals surface area contributed by atoms with Gasteiger partial charge in [0.2, 0.25) is 17.0 Å². The number of nitrogens with one attached hydrogen (secondary N) is 1. The molecule has 0 radical (unpaired) electrons. The number of carboxylic acid groups (broad SMARTS) is 1. The van der Waals surface area contributed by atoms with Crippen LogP contribution in [0, 0.1) is 5.41 Å². The summed E-state index contributed by atoms with van der Waals surface area (Å²) in [6.45, 7) is 3.57. The van der Waals surface area contributed by atoms with Crippen molar-refractivity contribution >= 4 is 34.2 Å².